The summed E-state index contributed by atoms with van der Waals surface area (Å²) < 4.78 is 11.0. The number of anilines is 1. The standard InChI is InChI=1S/C23H27NO4/c1-22(2,3)28-21(26)23(15-24-17-8-6-5-7-9-17)13-12-16-10-11-18(27-4)14-19(16)20(23)25/h5-11,14,24H,12-13,15H2,1-4H3/t23-/m1/s1. The summed E-state index contributed by atoms with van der Waals surface area (Å²) in [6, 6.07) is 15.0. The molecule has 0 unspecified atom stereocenters. The highest BCUT2D eigenvalue weighted by Gasteiger charge is 2.51. The van der Waals surface area contributed by atoms with Crippen LogP contribution in [0.25, 0.3) is 0 Å². The largest absolute Gasteiger partial charge is 0.497 e. The molecule has 0 spiro atoms. The Bertz CT molecular complexity index is 870. The molecule has 0 aliphatic heterocycles. The number of hydrogen-bond acceptors (Lipinski definition) is 5. The zero-order valence-electron chi connectivity index (χ0n) is 16.9. The van der Waals surface area contributed by atoms with Crippen molar-refractivity contribution in [3.05, 3.63) is 59.7 Å². The van der Waals surface area contributed by atoms with Crippen LogP contribution in [0.3, 0.4) is 0 Å². The highest BCUT2D eigenvalue weighted by atomic mass is 16.6. The number of para-hydroxylation sites is 1. The average Bonchev–Trinajstić information content (AvgIpc) is 2.67. The van der Waals surface area contributed by atoms with Crippen LogP contribution >= 0.6 is 0 Å². The molecule has 5 heteroatoms. The van der Waals surface area contributed by atoms with Gasteiger partial charge in [0.05, 0.1) is 7.11 Å². The van der Waals surface area contributed by atoms with Gasteiger partial charge in [0.15, 0.2) is 5.78 Å². The van der Waals surface area contributed by atoms with Crippen LogP contribution in [-0.2, 0) is 16.0 Å². The molecule has 2 aromatic rings. The van der Waals surface area contributed by atoms with Gasteiger partial charge >= 0.3 is 5.97 Å². The first-order chi connectivity index (χ1) is 13.2. The molecule has 1 aliphatic carbocycles. The van der Waals surface area contributed by atoms with Gasteiger partial charge in [-0.1, -0.05) is 24.3 Å². The third kappa shape index (κ3) is 4.03. The molecule has 2 aromatic carbocycles. The van der Waals surface area contributed by atoms with E-state index in [1.165, 1.54) is 0 Å². The Balaban J connectivity index is 1.98. The van der Waals surface area contributed by atoms with Crippen molar-refractivity contribution < 1.29 is 19.1 Å². The summed E-state index contributed by atoms with van der Waals surface area (Å²) >= 11 is 0. The molecule has 1 N–H and O–H groups in total. The minimum atomic E-state index is -1.28. The molecule has 0 heterocycles. The highest BCUT2D eigenvalue weighted by molar-refractivity contribution is 6.14. The maximum Gasteiger partial charge on any atom is 0.322 e. The second-order valence-corrected chi connectivity index (χ2v) is 8.16. The van der Waals surface area contributed by atoms with Gasteiger partial charge in [-0.2, -0.15) is 0 Å². The molecule has 0 amide bonds. The number of hydrogen-bond donors (Lipinski definition) is 1. The van der Waals surface area contributed by atoms with E-state index in [1.807, 2.05) is 63.2 Å². The maximum atomic E-state index is 13.6. The van der Waals surface area contributed by atoms with Crippen LogP contribution in [0.15, 0.2) is 48.5 Å². The number of ketones is 1. The first-order valence-corrected chi connectivity index (χ1v) is 9.49. The topological polar surface area (TPSA) is 64.6 Å². The maximum absolute atomic E-state index is 13.6. The normalized spacial score (nSPS) is 18.9. The molecule has 0 bridgehead atoms. The third-order valence-electron chi connectivity index (χ3n) is 4.98. The van der Waals surface area contributed by atoms with Crippen molar-refractivity contribution in [2.45, 2.75) is 39.2 Å². The van der Waals surface area contributed by atoms with Crippen LogP contribution in [0.4, 0.5) is 5.69 Å². The van der Waals surface area contributed by atoms with E-state index in [1.54, 1.807) is 13.2 Å². The van der Waals surface area contributed by atoms with E-state index < -0.39 is 17.0 Å². The van der Waals surface area contributed by atoms with Crippen LogP contribution in [0.1, 0.15) is 43.1 Å². The van der Waals surface area contributed by atoms with E-state index in [4.69, 9.17) is 9.47 Å². The Kier molecular flexibility index (Phi) is 5.45. The van der Waals surface area contributed by atoms with E-state index >= 15 is 0 Å². The van der Waals surface area contributed by atoms with Crippen molar-refractivity contribution in [3.63, 3.8) is 0 Å². The lowest BCUT2D eigenvalue weighted by molar-refractivity contribution is -0.164. The van der Waals surface area contributed by atoms with Crippen LogP contribution in [0.5, 0.6) is 5.75 Å². The van der Waals surface area contributed by atoms with Crippen molar-refractivity contribution >= 4 is 17.4 Å². The molecule has 1 aliphatic rings. The van der Waals surface area contributed by atoms with Gasteiger partial charge in [0.2, 0.25) is 0 Å². The number of fused-ring (bicyclic) bond motifs is 1. The van der Waals surface area contributed by atoms with E-state index in [0.29, 0.717) is 24.2 Å². The van der Waals surface area contributed by atoms with Gasteiger partial charge < -0.3 is 14.8 Å². The van der Waals surface area contributed by atoms with Crippen LogP contribution in [0.2, 0.25) is 0 Å². The SMILES string of the molecule is COc1ccc2c(c1)C(=O)[C@@](CNc1ccccc1)(C(=O)OC(C)(C)C)CC2. The molecule has 0 fully saturated rings. The molecular weight excluding hydrogens is 354 g/mol. The third-order valence-corrected chi connectivity index (χ3v) is 4.98. The number of esters is 1. The summed E-state index contributed by atoms with van der Waals surface area (Å²) in [5.74, 6) is -0.102. The monoisotopic (exact) mass is 381 g/mol. The van der Waals surface area contributed by atoms with Gasteiger partial charge in [-0.15, -0.1) is 0 Å². The molecular formula is C23H27NO4. The van der Waals surface area contributed by atoms with E-state index in [-0.39, 0.29) is 12.3 Å². The molecule has 0 radical (unpaired) electrons. The van der Waals surface area contributed by atoms with Crippen LogP contribution < -0.4 is 10.1 Å². The fourth-order valence-corrected chi connectivity index (χ4v) is 3.45. The lowest BCUT2D eigenvalue weighted by Crippen LogP contribution is -2.50. The second-order valence-electron chi connectivity index (χ2n) is 8.16. The van der Waals surface area contributed by atoms with Gasteiger partial charge in [0.1, 0.15) is 16.8 Å². The van der Waals surface area contributed by atoms with Crippen LogP contribution in [-0.4, -0.2) is 31.0 Å². The van der Waals surface area contributed by atoms with Crippen molar-refractivity contribution in [2.75, 3.05) is 19.0 Å². The molecule has 28 heavy (non-hydrogen) atoms. The number of aryl methyl sites for hydroxylation is 1. The molecule has 0 saturated carbocycles. The Labute approximate surface area is 166 Å². The number of methoxy groups -OCH3 is 1. The quantitative estimate of drug-likeness (QED) is 0.619. The number of carbonyl (C=O) groups excluding carboxylic acids is 2. The van der Waals surface area contributed by atoms with E-state index in [2.05, 4.69) is 5.32 Å². The first-order valence-electron chi connectivity index (χ1n) is 9.49. The van der Waals surface area contributed by atoms with Gasteiger partial charge in [0, 0.05) is 17.8 Å². The van der Waals surface area contributed by atoms with Crippen molar-refractivity contribution in [3.8, 4) is 5.75 Å². The predicted octanol–water partition coefficient (Wildman–Crippen LogP) is 4.26. The fourth-order valence-electron chi connectivity index (χ4n) is 3.45. The fraction of sp³-hybridized carbons (Fsp3) is 0.391. The number of Topliss-reactive ketones (excluding diaryl/α,β-unsaturated/α-hetero) is 1. The molecule has 3 rings (SSSR count). The summed E-state index contributed by atoms with van der Waals surface area (Å²) in [4.78, 5) is 26.8. The Morgan fingerprint density at radius 2 is 1.86 bits per heavy atom. The number of carbonyl (C=O) groups is 2. The number of nitrogens with one attached hydrogen (secondary N) is 1. The summed E-state index contributed by atoms with van der Waals surface area (Å²) in [6.45, 7) is 5.62. The summed E-state index contributed by atoms with van der Waals surface area (Å²) in [5, 5.41) is 3.26. The summed E-state index contributed by atoms with van der Waals surface area (Å²) in [5.41, 5.74) is 0.375. The van der Waals surface area contributed by atoms with Gasteiger partial charge in [-0.05, 0) is 63.4 Å². The number of rotatable bonds is 5. The van der Waals surface area contributed by atoms with Crippen molar-refractivity contribution in [1.82, 2.24) is 0 Å². The van der Waals surface area contributed by atoms with E-state index in [9.17, 15) is 9.59 Å². The number of benzene rings is 2. The molecule has 5 nitrogen and oxygen atoms in total. The van der Waals surface area contributed by atoms with Crippen molar-refractivity contribution in [1.29, 1.82) is 0 Å². The smallest absolute Gasteiger partial charge is 0.322 e. The van der Waals surface area contributed by atoms with Crippen LogP contribution in [0, 0.1) is 5.41 Å². The Hall–Kier alpha value is -2.82. The van der Waals surface area contributed by atoms with Gasteiger partial charge in [-0.25, -0.2) is 0 Å². The number of ether oxygens (including phenoxy) is 2. The van der Waals surface area contributed by atoms with E-state index in [0.717, 1.165) is 11.3 Å². The molecule has 1 atom stereocenters. The molecule has 0 aromatic heterocycles. The van der Waals surface area contributed by atoms with Gasteiger partial charge in [-0.3, -0.25) is 9.59 Å². The molecule has 148 valence electrons. The lowest BCUT2D eigenvalue weighted by Gasteiger charge is -2.37. The van der Waals surface area contributed by atoms with Crippen molar-refractivity contribution in [2.24, 2.45) is 5.41 Å². The zero-order chi connectivity index (χ0) is 20.4. The minimum Gasteiger partial charge on any atom is -0.497 e. The average molecular weight is 381 g/mol. The zero-order valence-corrected chi connectivity index (χ0v) is 16.9. The summed E-state index contributed by atoms with van der Waals surface area (Å²) in [7, 11) is 1.56. The first kappa shape index (κ1) is 19.9. The molecule has 0 saturated heterocycles. The minimum absolute atomic E-state index is 0.182. The Morgan fingerprint density at radius 1 is 1.14 bits per heavy atom. The highest BCUT2D eigenvalue weighted by Crippen LogP contribution is 2.39. The lowest BCUT2D eigenvalue weighted by atomic mass is 9.70. The summed E-state index contributed by atoms with van der Waals surface area (Å²) in [6.07, 6.45) is 1.03. The second kappa shape index (κ2) is 7.66. The predicted molar refractivity (Wildman–Crippen MR) is 109 cm³/mol. The Morgan fingerprint density at radius 3 is 2.50 bits per heavy atom. The van der Waals surface area contributed by atoms with Gasteiger partial charge in [0.25, 0.3) is 0 Å².